The first-order chi connectivity index (χ1) is 8.97. The molecule has 0 aliphatic heterocycles. The van der Waals surface area contributed by atoms with Crippen molar-refractivity contribution in [3.63, 3.8) is 0 Å². The Morgan fingerprint density at radius 1 is 1.53 bits per heavy atom. The molecule has 3 N–H and O–H groups in total. The molecule has 102 valence electrons. The molecule has 1 fully saturated rings. The topological polar surface area (TPSA) is 96.0 Å². The van der Waals surface area contributed by atoms with Crippen LogP contribution in [0.4, 0.5) is 0 Å². The van der Waals surface area contributed by atoms with Crippen molar-refractivity contribution in [1.82, 2.24) is 4.72 Å². The van der Waals surface area contributed by atoms with Crippen LogP contribution < -0.4 is 10.5 Å². The Balaban J connectivity index is 2.26. The summed E-state index contributed by atoms with van der Waals surface area (Å²) in [5.41, 5.74) is 5.72. The number of hydrogen-bond acceptors (Lipinski definition) is 4. The van der Waals surface area contributed by atoms with E-state index < -0.39 is 10.0 Å². The SMILES string of the molecule is N#Cc1cc(S(=O)(=O)N[C@@H](CN)C2CC2)ccc1Cl. The molecule has 1 saturated carbocycles. The summed E-state index contributed by atoms with van der Waals surface area (Å²) in [6, 6.07) is 5.67. The molecule has 7 heteroatoms. The van der Waals surface area contributed by atoms with Crippen molar-refractivity contribution >= 4 is 21.6 Å². The molecule has 1 aliphatic carbocycles. The number of nitrogens with two attached hydrogens (primary N) is 1. The Hall–Kier alpha value is -1.13. The fourth-order valence-electron chi connectivity index (χ4n) is 1.86. The van der Waals surface area contributed by atoms with Crippen molar-refractivity contribution < 1.29 is 8.42 Å². The van der Waals surface area contributed by atoms with Crippen molar-refractivity contribution in [2.75, 3.05) is 6.54 Å². The lowest BCUT2D eigenvalue weighted by molar-refractivity contribution is 0.519. The lowest BCUT2D eigenvalue weighted by Crippen LogP contribution is -2.41. The Labute approximate surface area is 117 Å². The summed E-state index contributed by atoms with van der Waals surface area (Å²) in [6.07, 6.45) is 1.99. The minimum absolute atomic E-state index is 0.0348. The molecule has 1 aromatic carbocycles. The minimum atomic E-state index is -3.67. The Kier molecular flexibility index (Phi) is 4.11. The molecule has 19 heavy (non-hydrogen) atoms. The van der Waals surface area contributed by atoms with E-state index in [4.69, 9.17) is 22.6 Å². The van der Waals surface area contributed by atoms with Crippen LogP contribution in [0.15, 0.2) is 23.1 Å². The zero-order valence-electron chi connectivity index (χ0n) is 10.1. The summed E-state index contributed by atoms with van der Waals surface area (Å²) in [5, 5.41) is 9.10. The lowest BCUT2D eigenvalue weighted by atomic mass is 10.2. The maximum atomic E-state index is 12.2. The van der Waals surface area contributed by atoms with Gasteiger partial charge in [0.25, 0.3) is 0 Å². The van der Waals surface area contributed by atoms with Gasteiger partial charge >= 0.3 is 0 Å². The van der Waals surface area contributed by atoms with Crippen LogP contribution in [-0.2, 0) is 10.0 Å². The Morgan fingerprint density at radius 2 is 2.21 bits per heavy atom. The summed E-state index contributed by atoms with van der Waals surface area (Å²) >= 11 is 5.78. The average molecular weight is 300 g/mol. The van der Waals surface area contributed by atoms with Gasteiger partial charge < -0.3 is 5.73 Å². The zero-order valence-corrected chi connectivity index (χ0v) is 11.7. The molecule has 0 heterocycles. The van der Waals surface area contributed by atoms with Gasteiger partial charge in [0.2, 0.25) is 10.0 Å². The van der Waals surface area contributed by atoms with E-state index in [0.29, 0.717) is 5.92 Å². The van der Waals surface area contributed by atoms with Gasteiger partial charge in [-0.3, -0.25) is 0 Å². The number of sulfonamides is 1. The molecule has 1 aliphatic rings. The van der Waals surface area contributed by atoms with Gasteiger partial charge in [-0.05, 0) is 37.0 Å². The van der Waals surface area contributed by atoms with Crippen LogP contribution in [0, 0.1) is 17.2 Å². The summed E-state index contributed by atoms with van der Waals surface area (Å²) in [4.78, 5) is 0.0348. The predicted molar refractivity (Wildman–Crippen MR) is 72.1 cm³/mol. The molecule has 0 saturated heterocycles. The molecule has 0 amide bonds. The van der Waals surface area contributed by atoms with E-state index in [2.05, 4.69) is 4.72 Å². The van der Waals surface area contributed by atoms with Gasteiger partial charge in [0.15, 0.2) is 0 Å². The van der Waals surface area contributed by atoms with Crippen molar-refractivity contribution in [3.05, 3.63) is 28.8 Å². The number of hydrogen-bond donors (Lipinski definition) is 2. The summed E-state index contributed by atoms with van der Waals surface area (Å²) < 4.78 is 27.0. The Morgan fingerprint density at radius 3 is 2.74 bits per heavy atom. The minimum Gasteiger partial charge on any atom is -0.329 e. The lowest BCUT2D eigenvalue weighted by Gasteiger charge is -2.16. The number of nitriles is 1. The van der Waals surface area contributed by atoms with Crippen LogP contribution in [0.25, 0.3) is 0 Å². The molecule has 1 atom stereocenters. The standard InChI is InChI=1S/C12H14ClN3O2S/c13-11-4-3-10(5-9(11)6-14)19(17,18)16-12(7-15)8-1-2-8/h3-5,8,12,16H,1-2,7,15H2/t12-/m0/s1. The number of halogens is 1. The van der Waals surface area contributed by atoms with Gasteiger partial charge in [0, 0.05) is 12.6 Å². The second-order valence-corrected chi connectivity index (χ2v) is 6.68. The van der Waals surface area contributed by atoms with E-state index in [1.165, 1.54) is 18.2 Å². The van der Waals surface area contributed by atoms with Crippen LogP contribution in [0.1, 0.15) is 18.4 Å². The van der Waals surface area contributed by atoms with E-state index in [9.17, 15) is 8.42 Å². The van der Waals surface area contributed by atoms with Gasteiger partial charge in [0.05, 0.1) is 15.5 Å². The molecular weight excluding hydrogens is 286 g/mol. The van der Waals surface area contributed by atoms with Crippen molar-refractivity contribution in [2.24, 2.45) is 11.7 Å². The highest BCUT2D eigenvalue weighted by atomic mass is 35.5. The van der Waals surface area contributed by atoms with Crippen molar-refractivity contribution in [3.8, 4) is 6.07 Å². The van der Waals surface area contributed by atoms with Crippen molar-refractivity contribution in [2.45, 2.75) is 23.8 Å². The van der Waals surface area contributed by atoms with Crippen LogP contribution >= 0.6 is 11.6 Å². The highest BCUT2D eigenvalue weighted by Gasteiger charge is 2.33. The monoisotopic (exact) mass is 299 g/mol. The summed E-state index contributed by atoms with van der Waals surface area (Å²) in [5.74, 6) is 0.322. The molecule has 0 bridgehead atoms. The van der Waals surface area contributed by atoms with E-state index in [-0.39, 0.29) is 28.1 Å². The van der Waals surface area contributed by atoms with E-state index >= 15 is 0 Å². The third kappa shape index (κ3) is 3.25. The van der Waals surface area contributed by atoms with Gasteiger partial charge in [0.1, 0.15) is 6.07 Å². The molecule has 0 radical (unpaired) electrons. The zero-order chi connectivity index (χ0) is 14.0. The Bertz CT molecular complexity index is 620. The quantitative estimate of drug-likeness (QED) is 0.854. The maximum Gasteiger partial charge on any atom is 0.240 e. The fourth-order valence-corrected chi connectivity index (χ4v) is 3.36. The fraction of sp³-hybridized carbons (Fsp3) is 0.417. The molecule has 0 aromatic heterocycles. The maximum absolute atomic E-state index is 12.2. The normalized spacial score (nSPS) is 16.9. The number of rotatable bonds is 5. The smallest absolute Gasteiger partial charge is 0.240 e. The third-order valence-electron chi connectivity index (χ3n) is 3.12. The molecule has 0 unspecified atom stereocenters. The summed E-state index contributed by atoms with van der Waals surface area (Å²) in [7, 11) is -3.67. The van der Waals surface area contributed by atoms with Crippen LogP contribution in [0.2, 0.25) is 5.02 Å². The van der Waals surface area contributed by atoms with Gasteiger partial charge in [-0.15, -0.1) is 0 Å². The highest BCUT2D eigenvalue weighted by molar-refractivity contribution is 7.89. The molecular formula is C12H14ClN3O2S. The first-order valence-corrected chi connectivity index (χ1v) is 7.76. The molecule has 5 nitrogen and oxygen atoms in total. The predicted octanol–water partition coefficient (Wildman–Crippen LogP) is 1.23. The van der Waals surface area contributed by atoms with E-state index in [1.807, 2.05) is 6.07 Å². The largest absolute Gasteiger partial charge is 0.329 e. The number of nitrogens with zero attached hydrogens (tertiary/aromatic N) is 1. The number of benzene rings is 1. The third-order valence-corrected chi connectivity index (χ3v) is 4.94. The van der Waals surface area contributed by atoms with Crippen LogP contribution in [-0.4, -0.2) is 21.0 Å². The van der Waals surface area contributed by atoms with E-state index in [1.54, 1.807) is 0 Å². The average Bonchev–Trinajstić information content (AvgIpc) is 3.20. The van der Waals surface area contributed by atoms with Gasteiger partial charge in [-0.25, -0.2) is 13.1 Å². The molecule has 2 rings (SSSR count). The van der Waals surface area contributed by atoms with Crippen LogP contribution in [0.5, 0.6) is 0 Å². The highest BCUT2D eigenvalue weighted by Crippen LogP contribution is 2.33. The first kappa shape index (κ1) is 14.3. The second kappa shape index (κ2) is 5.47. The van der Waals surface area contributed by atoms with Gasteiger partial charge in [-0.1, -0.05) is 11.6 Å². The molecule has 0 spiro atoms. The van der Waals surface area contributed by atoms with E-state index in [0.717, 1.165) is 12.8 Å². The van der Waals surface area contributed by atoms with Crippen molar-refractivity contribution in [1.29, 1.82) is 5.26 Å². The van der Waals surface area contributed by atoms with Gasteiger partial charge in [-0.2, -0.15) is 5.26 Å². The summed E-state index contributed by atoms with van der Waals surface area (Å²) in [6.45, 7) is 0.266. The number of nitrogens with one attached hydrogen (secondary N) is 1. The molecule has 1 aromatic rings. The first-order valence-electron chi connectivity index (χ1n) is 5.90. The van der Waals surface area contributed by atoms with Crippen LogP contribution in [0.3, 0.4) is 0 Å². The second-order valence-electron chi connectivity index (χ2n) is 4.55.